The predicted octanol–water partition coefficient (Wildman–Crippen LogP) is 19.5. The Morgan fingerprint density at radius 2 is 0.950 bits per heavy atom. The van der Waals surface area contributed by atoms with Gasteiger partial charge in [0.05, 0.1) is 73.0 Å². The van der Waals surface area contributed by atoms with Crippen LogP contribution in [0.4, 0.5) is 67.7 Å². The number of nitrogens with one attached hydrogen (secondary N) is 5. The molecule has 0 amide bonds. The van der Waals surface area contributed by atoms with E-state index in [9.17, 15) is 17.2 Å². The average Bonchev–Trinajstić information content (AvgIpc) is 1.55. The van der Waals surface area contributed by atoms with Gasteiger partial charge in [0.2, 0.25) is 45.7 Å². The van der Waals surface area contributed by atoms with Crippen LogP contribution in [0, 0.1) is 109 Å². The van der Waals surface area contributed by atoms with Crippen molar-refractivity contribution in [2.75, 3.05) is 75.3 Å². The van der Waals surface area contributed by atoms with Gasteiger partial charge < -0.3 is 66.8 Å². The Morgan fingerprint density at radius 3 is 1.48 bits per heavy atom. The van der Waals surface area contributed by atoms with Gasteiger partial charge in [-0.25, -0.2) is 62.2 Å². The quantitative estimate of drug-likeness (QED) is 0.0129. The van der Waals surface area contributed by atoms with Gasteiger partial charge in [0, 0.05) is 99.6 Å². The first-order valence-corrected chi connectivity index (χ1v) is 47.4. The second-order valence-electron chi connectivity index (χ2n) is 33.6. The molecule has 14 aromatic rings. The summed E-state index contributed by atoms with van der Waals surface area (Å²) in [7, 11) is -3.70. The number of nitriles is 1. The highest BCUT2D eigenvalue weighted by molar-refractivity contribution is 7.89. The normalized spacial score (nSPS) is 12.0. The number of aromatic nitrogens is 14. The van der Waals surface area contributed by atoms with Crippen molar-refractivity contribution in [3.8, 4) is 86.0 Å². The molecule has 7 heterocycles. The number of primary sulfonamides is 1. The third kappa shape index (κ3) is 30.5. The van der Waals surface area contributed by atoms with Crippen LogP contribution in [-0.4, -0.2) is 110 Å². The largest absolute Gasteiger partial charge is 0.402 e. The Labute approximate surface area is 824 Å². The summed E-state index contributed by atoms with van der Waals surface area (Å²) in [4.78, 5) is 51.3. The number of sulfonamides is 1. The standard InChI is InChI=1S/C20H22FN5O2S.C20H27N5.C19H21ClN6.C16H18FN3.C15H15N5.C13H10Cl2N4/c1-12-10-17(21)13(2)9-16(12)18-11-19(26-20(22)25-18)24-8-7-14-3-5-15(6-4-14)29(23,27)28;1-12-7-5-9-17(13(12)2)19-11-16(24-20(23)25-19)8-6-10-18(14(3)21)15(4)22;1-12-5-3-7-15(13(12)2)16-11-18(24-19(21)23-16)22-10-4-6-14-8-9-17(20)26-25-14;1-9-10(2)14(17)6-5-13(9)15-8-12(7-11-3-4-11)19-16(18)20-15;1-9-10(8-16)3-2-4-12(9)13-7-14(18-11-5-6-11)20-15(17)19-13;1-2-6-17-11-7-10(18-13(16)19-11)8-4-3-5-9(14)12(8)15/h3-6,9-11H,7-8H2,1-2H3,(H2,23,27,28)(H3,22,24,25,26);5,7,9,11,21H,6,8,10,22H2,1-4H3,(H2,23,24,25);3,5,7-9,11H,4,6,10H2,1-2H3,(H3,21,22,23,24);5-6,8,11H,3-4,7H2,1-2H3,(H2,18,19,20);2-4,7,11H,5-6H2,1H3,(H3,17,18,19,20);1,3-5,7H,6H2,(H3,16,17,18,19)/b;18-15-,21-14?;;;;. The lowest BCUT2D eigenvalue weighted by atomic mass is 9.99. The van der Waals surface area contributed by atoms with Crippen LogP contribution in [0.25, 0.3) is 67.5 Å². The number of nitrogen functional groups attached to an aromatic ring is 6. The van der Waals surface area contributed by atoms with Crippen LogP contribution in [0.1, 0.15) is 137 Å². The van der Waals surface area contributed by atoms with Crippen LogP contribution in [0.3, 0.4) is 0 Å². The number of halogens is 5. The molecule has 30 nitrogen and oxygen atoms in total. The molecule has 0 unspecified atom stereocenters. The smallest absolute Gasteiger partial charge is 0.238 e. The van der Waals surface area contributed by atoms with Crippen molar-refractivity contribution in [2.24, 2.45) is 16.8 Å². The highest BCUT2D eigenvalue weighted by Gasteiger charge is 2.25. The molecular weight excluding hydrogens is 1840 g/mol. The van der Waals surface area contributed by atoms with Gasteiger partial charge in [0.15, 0.2) is 5.15 Å². The van der Waals surface area contributed by atoms with Crippen molar-refractivity contribution in [1.82, 2.24) is 70.0 Å². The fraction of sp³-hybridized carbons (Fsp3) is 0.262. The molecule has 0 saturated heterocycles. The van der Waals surface area contributed by atoms with Crippen LogP contribution in [0.15, 0.2) is 186 Å². The molecule has 2 aliphatic carbocycles. The zero-order valence-corrected chi connectivity index (χ0v) is 82.3. The third-order valence-corrected chi connectivity index (χ3v) is 24.9. The molecule has 718 valence electrons. The summed E-state index contributed by atoms with van der Waals surface area (Å²) in [6, 6.07) is 53.7. The Bertz CT molecular complexity index is 7010. The molecule has 7 aromatic carbocycles. The van der Waals surface area contributed by atoms with Crippen molar-refractivity contribution in [3.63, 3.8) is 0 Å². The minimum Gasteiger partial charge on any atom is -0.402 e. The van der Waals surface area contributed by atoms with Gasteiger partial charge in [-0.3, -0.25) is 0 Å². The SMILES string of the molecule is C#CCNc1cc(-c2cccc(Cl)c2Cl)nc(N)n1.CC(=N)/C(CCCc1cc(-c2cccc(C)c2C)nc(N)n1)=C(/C)N.Cc1c(C#N)cccc1-c1cc(NC2CC2)nc(N)n1.Cc1c(F)ccc(-c2cc(CC3CC3)nc(N)n2)c1C.Cc1cc(-c2cc(NCCc3ccc(S(N)(=O)=O)cc3)nc(N)n2)c(C)cc1F.Cc1cccc(-c2cc(NCCCc3ccc(Cl)nn3)nc(N)n2)c1C. The summed E-state index contributed by atoms with van der Waals surface area (Å²) < 4.78 is 49.9. The number of rotatable bonds is 27. The molecule has 139 heavy (non-hydrogen) atoms. The van der Waals surface area contributed by atoms with E-state index in [-0.39, 0.29) is 40.3 Å². The zero-order chi connectivity index (χ0) is 100. The molecular formula is C103H113Cl3F2N28O2S. The number of anilines is 10. The Kier molecular flexibility index (Phi) is 36.6. The number of nitrogens with two attached hydrogens (primary N) is 8. The predicted molar refractivity (Wildman–Crippen MR) is 556 cm³/mol. The molecule has 2 saturated carbocycles. The molecule has 2 fully saturated rings. The van der Waals surface area contributed by atoms with E-state index in [4.69, 9.17) is 97.2 Å². The maximum Gasteiger partial charge on any atom is 0.238 e. The van der Waals surface area contributed by atoms with Gasteiger partial charge in [0.1, 0.15) is 34.9 Å². The van der Waals surface area contributed by atoms with Crippen molar-refractivity contribution in [1.29, 1.82) is 10.7 Å². The second kappa shape index (κ2) is 48.6. The summed E-state index contributed by atoms with van der Waals surface area (Å²) in [5, 5.41) is 43.9. The number of hydrogen-bond donors (Lipinski definition) is 13. The van der Waals surface area contributed by atoms with Gasteiger partial charge in [-0.2, -0.15) is 30.3 Å². The number of nitrogens with zero attached hydrogens (tertiary/aromatic N) is 15. The van der Waals surface area contributed by atoms with E-state index < -0.39 is 10.0 Å². The average molecular weight is 1950 g/mol. The summed E-state index contributed by atoms with van der Waals surface area (Å²) >= 11 is 17.9. The second-order valence-corrected chi connectivity index (χ2v) is 36.4. The molecule has 0 bridgehead atoms. The van der Waals surface area contributed by atoms with Crippen molar-refractivity contribution < 1.29 is 17.2 Å². The van der Waals surface area contributed by atoms with Gasteiger partial charge >= 0.3 is 0 Å². The molecule has 16 rings (SSSR count). The first-order valence-electron chi connectivity index (χ1n) is 44.8. The molecule has 36 heteroatoms. The Balaban J connectivity index is 0.000000161. The fourth-order valence-electron chi connectivity index (χ4n) is 14.7. The number of benzene rings is 7. The third-order valence-electron chi connectivity index (χ3n) is 22.9. The first kappa shape index (κ1) is 104. The molecule has 0 spiro atoms. The van der Waals surface area contributed by atoms with E-state index in [0.717, 1.165) is 158 Å². The molecule has 21 N–H and O–H groups in total. The van der Waals surface area contributed by atoms with E-state index in [1.54, 1.807) is 87.5 Å². The van der Waals surface area contributed by atoms with E-state index >= 15 is 0 Å². The number of aryl methyl sites for hydroxylation is 6. The lowest BCUT2D eigenvalue weighted by Gasteiger charge is -2.11. The first-order chi connectivity index (χ1) is 66.3. The van der Waals surface area contributed by atoms with Crippen LogP contribution < -0.4 is 66.5 Å². The molecule has 7 aromatic heterocycles. The molecule has 2 aliphatic rings. The van der Waals surface area contributed by atoms with Gasteiger partial charge in [-0.1, -0.05) is 114 Å². The van der Waals surface area contributed by atoms with Crippen LogP contribution in [-0.2, 0) is 35.7 Å². The summed E-state index contributed by atoms with van der Waals surface area (Å²) in [5.74, 6) is 6.64. The minimum atomic E-state index is -3.70. The van der Waals surface area contributed by atoms with E-state index in [1.807, 2.05) is 88.4 Å². The van der Waals surface area contributed by atoms with Crippen molar-refractivity contribution >= 4 is 109 Å². The van der Waals surface area contributed by atoms with E-state index in [2.05, 4.69) is 149 Å². The fourth-order valence-corrected chi connectivity index (χ4v) is 15.7. The lowest BCUT2D eigenvalue weighted by Crippen LogP contribution is -2.12. The summed E-state index contributed by atoms with van der Waals surface area (Å²) in [6.07, 6.45) is 15.8. The zero-order valence-electron chi connectivity index (χ0n) is 79.2. The molecule has 0 radical (unpaired) electrons. The monoisotopic (exact) mass is 1950 g/mol. The maximum atomic E-state index is 13.7. The van der Waals surface area contributed by atoms with E-state index in [0.29, 0.717) is 109 Å². The summed E-state index contributed by atoms with van der Waals surface area (Å²) in [6.45, 7) is 22.7. The minimum absolute atomic E-state index is 0.0763. The Morgan fingerprint density at radius 1 is 0.468 bits per heavy atom. The van der Waals surface area contributed by atoms with Crippen molar-refractivity contribution in [2.45, 2.75) is 158 Å². The van der Waals surface area contributed by atoms with Crippen molar-refractivity contribution in [3.05, 3.63) is 286 Å². The van der Waals surface area contributed by atoms with Gasteiger partial charge in [-0.05, 0) is 287 Å². The number of allylic oxidation sites excluding steroid dienone is 2. The van der Waals surface area contributed by atoms with Crippen LogP contribution in [0.5, 0.6) is 0 Å². The van der Waals surface area contributed by atoms with Crippen LogP contribution in [0.2, 0.25) is 15.2 Å². The number of hydrogen-bond acceptors (Lipinski definition) is 29. The molecule has 0 atom stereocenters. The topological polar surface area (TPSA) is 519 Å². The molecule has 0 aliphatic heterocycles. The highest BCUT2D eigenvalue weighted by Crippen LogP contribution is 2.38. The van der Waals surface area contributed by atoms with Gasteiger partial charge in [-0.15, -0.1) is 11.5 Å². The van der Waals surface area contributed by atoms with Crippen LogP contribution >= 0.6 is 34.8 Å². The van der Waals surface area contributed by atoms with Gasteiger partial charge in [0.25, 0.3) is 0 Å². The maximum absolute atomic E-state index is 13.7. The lowest BCUT2D eigenvalue weighted by molar-refractivity contribution is 0.597. The highest BCUT2D eigenvalue weighted by atomic mass is 35.5. The Hall–Kier alpha value is -15.0. The number of terminal acetylenes is 1. The summed E-state index contributed by atoms with van der Waals surface area (Å²) in [5.41, 5.74) is 65.8. The van der Waals surface area contributed by atoms with E-state index in [1.165, 1.54) is 72.2 Å².